The Hall–Kier alpha value is -2.24. The highest BCUT2D eigenvalue weighted by Gasteiger charge is 2.32. The van der Waals surface area contributed by atoms with E-state index in [9.17, 15) is 19.5 Å². The Morgan fingerprint density at radius 2 is 2.00 bits per heavy atom. The summed E-state index contributed by atoms with van der Waals surface area (Å²) in [4.78, 5) is 39.4. The molecule has 0 saturated heterocycles. The quantitative estimate of drug-likeness (QED) is 0.630. The van der Waals surface area contributed by atoms with E-state index >= 15 is 0 Å². The van der Waals surface area contributed by atoms with Crippen molar-refractivity contribution in [1.82, 2.24) is 0 Å². The monoisotopic (exact) mass is 291 g/mol. The van der Waals surface area contributed by atoms with Gasteiger partial charge in [-0.1, -0.05) is 0 Å². The molecule has 0 aromatic rings. The lowest BCUT2D eigenvalue weighted by molar-refractivity contribution is -0.138. The SMILES string of the molecule is CCOC(=O)C1=C(O)C(=CC2C(=O)CCCC2=O)N=C1C. The van der Waals surface area contributed by atoms with Crippen molar-refractivity contribution >= 4 is 23.2 Å². The number of hydrogen-bond acceptors (Lipinski definition) is 6. The summed E-state index contributed by atoms with van der Waals surface area (Å²) >= 11 is 0. The van der Waals surface area contributed by atoms with E-state index in [2.05, 4.69) is 4.99 Å². The second-order valence-corrected chi connectivity index (χ2v) is 4.96. The zero-order chi connectivity index (χ0) is 15.6. The minimum absolute atomic E-state index is 0.0150. The van der Waals surface area contributed by atoms with E-state index in [1.54, 1.807) is 13.8 Å². The number of nitrogens with zero attached hydrogens (tertiary/aromatic N) is 1. The van der Waals surface area contributed by atoms with Crippen molar-refractivity contribution < 1.29 is 24.2 Å². The van der Waals surface area contributed by atoms with E-state index in [0.29, 0.717) is 25.0 Å². The van der Waals surface area contributed by atoms with Gasteiger partial charge in [0.1, 0.15) is 22.8 Å². The van der Waals surface area contributed by atoms with E-state index in [0.717, 1.165) is 0 Å². The minimum atomic E-state index is -0.881. The van der Waals surface area contributed by atoms with Crippen molar-refractivity contribution in [3.05, 3.63) is 23.1 Å². The Kier molecular flexibility index (Phi) is 4.35. The van der Waals surface area contributed by atoms with Crippen LogP contribution in [0, 0.1) is 5.92 Å². The first-order valence-corrected chi connectivity index (χ1v) is 6.89. The Bertz CT molecular complexity index is 581. The maximum atomic E-state index is 11.8. The van der Waals surface area contributed by atoms with Gasteiger partial charge in [-0.3, -0.25) is 9.59 Å². The number of allylic oxidation sites excluding steroid dienone is 1. The highest BCUT2D eigenvalue weighted by molar-refractivity contribution is 6.21. The van der Waals surface area contributed by atoms with Crippen molar-refractivity contribution in [2.75, 3.05) is 6.61 Å². The third kappa shape index (κ3) is 2.94. The van der Waals surface area contributed by atoms with Gasteiger partial charge in [0.25, 0.3) is 0 Å². The minimum Gasteiger partial charge on any atom is -0.505 e. The van der Waals surface area contributed by atoms with Gasteiger partial charge in [0, 0.05) is 12.8 Å². The van der Waals surface area contributed by atoms with E-state index in [1.165, 1.54) is 6.08 Å². The number of hydrogen-bond donors (Lipinski definition) is 1. The number of ether oxygens (including phenoxy) is 1. The summed E-state index contributed by atoms with van der Waals surface area (Å²) in [5, 5.41) is 10.1. The molecule has 6 nitrogen and oxygen atoms in total. The average molecular weight is 291 g/mol. The van der Waals surface area contributed by atoms with Gasteiger partial charge in [-0.25, -0.2) is 9.79 Å². The third-order valence-electron chi connectivity index (χ3n) is 3.47. The second-order valence-electron chi connectivity index (χ2n) is 4.96. The van der Waals surface area contributed by atoms with Gasteiger partial charge in [-0.05, 0) is 26.3 Å². The first-order valence-electron chi connectivity index (χ1n) is 6.89. The first kappa shape index (κ1) is 15.2. The lowest BCUT2D eigenvalue weighted by Crippen LogP contribution is -2.27. The second kappa shape index (κ2) is 6.03. The fourth-order valence-corrected chi connectivity index (χ4v) is 2.42. The lowest BCUT2D eigenvalue weighted by Gasteiger charge is -2.16. The molecular formula is C15H17NO5. The predicted molar refractivity (Wildman–Crippen MR) is 74.8 cm³/mol. The molecule has 0 atom stereocenters. The topological polar surface area (TPSA) is 93.0 Å². The van der Waals surface area contributed by atoms with Crippen LogP contribution in [0.4, 0.5) is 0 Å². The van der Waals surface area contributed by atoms with Crippen LogP contribution in [0.1, 0.15) is 33.1 Å². The Morgan fingerprint density at radius 3 is 2.57 bits per heavy atom. The van der Waals surface area contributed by atoms with Crippen LogP contribution in [-0.4, -0.2) is 35.0 Å². The van der Waals surface area contributed by atoms with Crippen molar-refractivity contribution in [2.45, 2.75) is 33.1 Å². The molecule has 2 aliphatic rings. The molecule has 0 aromatic heterocycles. The first-order chi connectivity index (χ1) is 9.95. The molecule has 0 radical (unpaired) electrons. The lowest BCUT2D eigenvalue weighted by atomic mass is 9.86. The Morgan fingerprint density at radius 1 is 1.38 bits per heavy atom. The smallest absolute Gasteiger partial charge is 0.343 e. The largest absolute Gasteiger partial charge is 0.505 e. The molecule has 0 aromatic carbocycles. The van der Waals surface area contributed by atoms with Gasteiger partial charge in [0.2, 0.25) is 0 Å². The Balaban J connectivity index is 2.33. The number of esters is 1. The molecule has 6 heteroatoms. The molecule has 1 saturated carbocycles. The van der Waals surface area contributed by atoms with E-state index in [-0.39, 0.29) is 35.2 Å². The van der Waals surface area contributed by atoms with Crippen molar-refractivity contribution in [1.29, 1.82) is 0 Å². The molecule has 2 rings (SSSR count). The number of Topliss-reactive ketones (excluding diaryl/α,β-unsaturated/α-hetero) is 2. The summed E-state index contributed by atoms with van der Waals surface area (Å²) in [7, 11) is 0. The summed E-state index contributed by atoms with van der Waals surface area (Å²) in [6, 6.07) is 0. The van der Waals surface area contributed by atoms with E-state index in [1.807, 2.05) is 0 Å². The van der Waals surface area contributed by atoms with Crippen molar-refractivity contribution in [3.8, 4) is 0 Å². The number of carbonyl (C=O) groups excluding carboxylic acids is 3. The molecule has 1 heterocycles. The summed E-state index contributed by atoms with van der Waals surface area (Å²) in [6.45, 7) is 3.41. The molecule has 21 heavy (non-hydrogen) atoms. The predicted octanol–water partition coefficient (Wildman–Crippen LogP) is 1.66. The van der Waals surface area contributed by atoms with Gasteiger partial charge >= 0.3 is 5.97 Å². The summed E-state index contributed by atoms with van der Waals surface area (Å²) < 4.78 is 4.85. The molecule has 1 aliphatic carbocycles. The van der Waals surface area contributed by atoms with Crippen LogP contribution in [-0.2, 0) is 19.1 Å². The van der Waals surface area contributed by atoms with Gasteiger partial charge in [-0.15, -0.1) is 0 Å². The van der Waals surface area contributed by atoms with Crippen LogP contribution >= 0.6 is 0 Å². The maximum Gasteiger partial charge on any atom is 0.343 e. The molecule has 1 N–H and O–H groups in total. The summed E-state index contributed by atoms with van der Waals surface area (Å²) in [6.07, 6.45) is 2.60. The maximum absolute atomic E-state index is 11.8. The number of carbonyl (C=O) groups is 3. The molecule has 0 unspecified atom stereocenters. The number of rotatable bonds is 3. The fraction of sp³-hybridized carbons (Fsp3) is 0.467. The number of aliphatic hydroxyl groups is 1. The molecular weight excluding hydrogens is 274 g/mol. The fourth-order valence-electron chi connectivity index (χ4n) is 2.42. The van der Waals surface area contributed by atoms with Crippen LogP contribution in [0.3, 0.4) is 0 Å². The number of ketones is 2. The summed E-state index contributed by atoms with van der Waals surface area (Å²) in [5.74, 6) is -2.24. The van der Waals surface area contributed by atoms with Gasteiger partial charge in [-0.2, -0.15) is 0 Å². The number of aliphatic hydroxyl groups excluding tert-OH is 1. The van der Waals surface area contributed by atoms with Crippen LogP contribution < -0.4 is 0 Å². The normalized spacial score (nSPS) is 22.0. The van der Waals surface area contributed by atoms with Gasteiger partial charge in [0.05, 0.1) is 18.2 Å². The van der Waals surface area contributed by atoms with Crippen LogP contribution in [0.25, 0.3) is 0 Å². The molecule has 0 bridgehead atoms. The molecule has 1 fully saturated rings. The van der Waals surface area contributed by atoms with Crippen LogP contribution in [0.15, 0.2) is 28.1 Å². The van der Waals surface area contributed by atoms with Crippen LogP contribution in [0.5, 0.6) is 0 Å². The highest BCUT2D eigenvalue weighted by atomic mass is 16.5. The molecule has 1 aliphatic heterocycles. The van der Waals surface area contributed by atoms with Gasteiger partial charge in [0.15, 0.2) is 5.76 Å². The summed E-state index contributed by atoms with van der Waals surface area (Å²) in [5.41, 5.74) is 0.385. The Labute approximate surface area is 122 Å². The van der Waals surface area contributed by atoms with Crippen molar-refractivity contribution in [2.24, 2.45) is 10.9 Å². The third-order valence-corrected chi connectivity index (χ3v) is 3.47. The van der Waals surface area contributed by atoms with E-state index < -0.39 is 11.9 Å². The van der Waals surface area contributed by atoms with Crippen molar-refractivity contribution in [3.63, 3.8) is 0 Å². The zero-order valence-corrected chi connectivity index (χ0v) is 12.0. The van der Waals surface area contributed by atoms with E-state index in [4.69, 9.17) is 4.74 Å². The standard InChI is InChI=1S/C15H17NO5/c1-3-21-15(20)13-8(2)16-10(14(13)19)7-9-11(17)5-4-6-12(9)18/h7,9,19H,3-6H2,1-2H3. The zero-order valence-electron chi connectivity index (χ0n) is 12.0. The molecule has 0 spiro atoms. The number of aliphatic imine (C=N–C) groups is 1. The molecule has 0 amide bonds. The molecule has 112 valence electrons. The van der Waals surface area contributed by atoms with Crippen LogP contribution in [0.2, 0.25) is 0 Å². The highest BCUT2D eigenvalue weighted by Crippen LogP contribution is 2.28. The average Bonchev–Trinajstić information content (AvgIpc) is 2.69. The van der Waals surface area contributed by atoms with Gasteiger partial charge < -0.3 is 9.84 Å².